The van der Waals surface area contributed by atoms with E-state index in [1.807, 2.05) is 0 Å². The van der Waals surface area contributed by atoms with Crippen LogP contribution < -0.4 is 15.6 Å². The molecule has 1 saturated carbocycles. The number of carbonyl (C=O) groups is 1. The van der Waals surface area contributed by atoms with Gasteiger partial charge in [0.15, 0.2) is 0 Å². The third-order valence-electron chi connectivity index (χ3n) is 7.16. The number of halogens is 1. The predicted molar refractivity (Wildman–Crippen MR) is 126 cm³/mol. The molecular formula is C24H29FN4O4S. The van der Waals surface area contributed by atoms with Gasteiger partial charge in [0.25, 0.3) is 15.6 Å². The van der Waals surface area contributed by atoms with Crippen molar-refractivity contribution in [3.8, 4) is 0 Å². The first kappa shape index (κ1) is 22.9. The first-order chi connectivity index (χ1) is 16.3. The zero-order chi connectivity index (χ0) is 23.9. The molecule has 0 spiro atoms. The Morgan fingerprint density at radius 1 is 1.03 bits per heavy atom. The molecule has 2 aromatic rings. The molecule has 2 N–H and O–H groups in total. The van der Waals surface area contributed by atoms with Crippen LogP contribution in [-0.4, -0.2) is 43.0 Å². The van der Waals surface area contributed by atoms with Crippen LogP contribution in [0.15, 0.2) is 46.1 Å². The van der Waals surface area contributed by atoms with Crippen molar-refractivity contribution in [1.29, 1.82) is 0 Å². The summed E-state index contributed by atoms with van der Waals surface area (Å²) in [5, 5.41) is 3.16. The van der Waals surface area contributed by atoms with Crippen molar-refractivity contribution in [2.45, 2.75) is 61.9 Å². The monoisotopic (exact) mass is 488 g/mol. The molecule has 1 saturated heterocycles. The number of pyridine rings is 1. The van der Waals surface area contributed by atoms with E-state index in [1.54, 1.807) is 9.47 Å². The Balaban J connectivity index is 1.41. The number of anilines is 1. The summed E-state index contributed by atoms with van der Waals surface area (Å²) in [5.74, 6) is -0.705. The molecule has 10 heteroatoms. The summed E-state index contributed by atoms with van der Waals surface area (Å²) in [6.07, 6.45) is 6.22. The number of piperidine rings is 1. The SMILES string of the molecule is O=C(NC1CCCCC1)N1C[C@@H]2C[C@@H](C1)c1c(NS(=O)(=O)c3cccc(F)c3)ccc(=O)n1C2. The smallest absolute Gasteiger partial charge is 0.317 e. The maximum absolute atomic E-state index is 13.6. The van der Waals surface area contributed by atoms with E-state index in [-0.39, 0.29) is 34.4 Å². The standard InChI is InChI=1S/C24H29FN4O4S/c25-18-5-4-8-20(12-18)34(32,33)27-21-9-10-22(30)29-14-16-11-17(23(21)29)15-28(13-16)24(31)26-19-6-2-1-3-7-19/h4-5,8-10,12,16-17,19,27H,1-3,6-7,11,13-15H2,(H,26,31)/t16-,17-/m0/s1. The van der Waals surface area contributed by atoms with Gasteiger partial charge >= 0.3 is 6.03 Å². The quantitative estimate of drug-likeness (QED) is 0.690. The Kier molecular flexibility index (Phi) is 6.09. The molecule has 2 bridgehead atoms. The first-order valence-electron chi connectivity index (χ1n) is 11.9. The van der Waals surface area contributed by atoms with Gasteiger partial charge in [-0.2, -0.15) is 0 Å². The Morgan fingerprint density at radius 2 is 1.82 bits per heavy atom. The van der Waals surface area contributed by atoms with Gasteiger partial charge < -0.3 is 14.8 Å². The fourth-order valence-electron chi connectivity index (χ4n) is 5.62. The molecule has 3 heterocycles. The number of hydrogen-bond donors (Lipinski definition) is 2. The molecule has 0 unspecified atom stereocenters. The van der Waals surface area contributed by atoms with Gasteiger partial charge in [0, 0.05) is 37.7 Å². The van der Waals surface area contributed by atoms with E-state index in [4.69, 9.17) is 0 Å². The largest absolute Gasteiger partial charge is 0.335 e. The summed E-state index contributed by atoms with van der Waals surface area (Å²) >= 11 is 0. The number of fused-ring (bicyclic) bond motifs is 4. The number of amides is 2. The van der Waals surface area contributed by atoms with E-state index < -0.39 is 15.8 Å². The summed E-state index contributed by atoms with van der Waals surface area (Å²) in [6, 6.07) is 7.72. The Labute approximate surface area is 198 Å². The van der Waals surface area contributed by atoms with Gasteiger partial charge in [-0.25, -0.2) is 17.6 Å². The van der Waals surface area contributed by atoms with E-state index >= 15 is 0 Å². The molecule has 2 atom stereocenters. The van der Waals surface area contributed by atoms with Gasteiger partial charge in [0.05, 0.1) is 16.3 Å². The molecule has 2 aliphatic heterocycles. The summed E-state index contributed by atoms with van der Waals surface area (Å²) in [7, 11) is -4.06. The first-order valence-corrected chi connectivity index (χ1v) is 13.4. The summed E-state index contributed by atoms with van der Waals surface area (Å²) in [6.45, 7) is 1.40. The maximum atomic E-state index is 13.6. The van der Waals surface area contributed by atoms with Gasteiger partial charge in [-0.15, -0.1) is 0 Å². The third kappa shape index (κ3) is 4.55. The van der Waals surface area contributed by atoms with Gasteiger partial charge in [0.1, 0.15) is 5.82 Å². The fraction of sp³-hybridized carbons (Fsp3) is 0.500. The van der Waals surface area contributed by atoms with Crippen LogP contribution in [0, 0.1) is 11.7 Å². The summed E-state index contributed by atoms with van der Waals surface area (Å²) in [4.78, 5) is 27.3. The van der Waals surface area contributed by atoms with E-state index in [9.17, 15) is 22.4 Å². The highest BCUT2D eigenvalue weighted by molar-refractivity contribution is 7.92. The molecule has 182 valence electrons. The van der Waals surface area contributed by atoms with Crippen LogP contribution in [0.25, 0.3) is 0 Å². The molecule has 1 aromatic carbocycles. The van der Waals surface area contributed by atoms with Gasteiger partial charge in [-0.05, 0) is 49.4 Å². The second-order valence-electron chi connectivity index (χ2n) is 9.63. The third-order valence-corrected chi connectivity index (χ3v) is 8.52. The van der Waals surface area contributed by atoms with Gasteiger partial charge in [0.2, 0.25) is 0 Å². The lowest BCUT2D eigenvalue weighted by molar-refractivity contribution is 0.128. The number of aromatic nitrogens is 1. The lowest BCUT2D eigenvalue weighted by Gasteiger charge is -2.43. The zero-order valence-electron chi connectivity index (χ0n) is 18.9. The molecule has 3 aliphatic rings. The highest BCUT2D eigenvalue weighted by Gasteiger charge is 2.38. The number of nitrogens with zero attached hydrogens (tertiary/aromatic N) is 2. The highest BCUT2D eigenvalue weighted by Crippen LogP contribution is 2.39. The van der Waals surface area contributed by atoms with Crippen molar-refractivity contribution < 1.29 is 17.6 Å². The van der Waals surface area contributed by atoms with Crippen LogP contribution in [0.2, 0.25) is 0 Å². The lowest BCUT2D eigenvalue weighted by atomic mass is 9.82. The minimum absolute atomic E-state index is 0.0878. The van der Waals surface area contributed by atoms with E-state index in [0.717, 1.165) is 38.2 Å². The Hall–Kier alpha value is -2.88. The van der Waals surface area contributed by atoms with Crippen molar-refractivity contribution in [1.82, 2.24) is 14.8 Å². The average molecular weight is 489 g/mol. The van der Waals surface area contributed by atoms with Crippen molar-refractivity contribution in [2.75, 3.05) is 17.8 Å². The summed E-state index contributed by atoms with van der Waals surface area (Å²) < 4.78 is 43.7. The zero-order valence-corrected chi connectivity index (χ0v) is 19.7. The number of sulfonamides is 1. The molecule has 34 heavy (non-hydrogen) atoms. The van der Waals surface area contributed by atoms with Crippen molar-refractivity contribution in [3.63, 3.8) is 0 Å². The van der Waals surface area contributed by atoms with Crippen LogP contribution in [0.1, 0.15) is 50.1 Å². The van der Waals surface area contributed by atoms with Crippen LogP contribution in [0.4, 0.5) is 14.9 Å². The number of benzene rings is 1. The van der Waals surface area contributed by atoms with Crippen LogP contribution >= 0.6 is 0 Å². The maximum Gasteiger partial charge on any atom is 0.317 e. The van der Waals surface area contributed by atoms with Crippen LogP contribution in [0.5, 0.6) is 0 Å². The summed E-state index contributed by atoms with van der Waals surface area (Å²) in [5.41, 5.74) is 0.680. The average Bonchev–Trinajstić information content (AvgIpc) is 2.81. The fourth-order valence-corrected chi connectivity index (χ4v) is 6.72. The number of hydrogen-bond acceptors (Lipinski definition) is 4. The predicted octanol–water partition coefficient (Wildman–Crippen LogP) is 3.25. The van der Waals surface area contributed by atoms with Gasteiger partial charge in [-0.3, -0.25) is 9.52 Å². The molecule has 8 nitrogen and oxygen atoms in total. The molecule has 2 fully saturated rings. The Morgan fingerprint density at radius 3 is 2.59 bits per heavy atom. The topological polar surface area (TPSA) is 101 Å². The number of urea groups is 1. The second kappa shape index (κ2) is 9.05. The van der Waals surface area contributed by atoms with E-state index in [1.165, 1.54) is 36.8 Å². The number of nitrogens with one attached hydrogen (secondary N) is 2. The molecule has 1 aromatic heterocycles. The molecule has 0 radical (unpaired) electrons. The number of likely N-dealkylation sites (tertiary alicyclic amines) is 1. The van der Waals surface area contributed by atoms with Crippen molar-refractivity contribution in [2.24, 2.45) is 5.92 Å². The van der Waals surface area contributed by atoms with Gasteiger partial charge in [-0.1, -0.05) is 25.3 Å². The minimum atomic E-state index is -4.06. The molecule has 5 rings (SSSR count). The second-order valence-corrected chi connectivity index (χ2v) is 11.3. The minimum Gasteiger partial charge on any atom is -0.335 e. The van der Waals surface area contributed by atoms with Crippen molar-refractivity contribution >= 4 is 21.7 Å². The molecular weight excluding hydrogens is 459 g/mol. The van der Waals surface area contributed by atoms with E-state index in [2.05, 4.69) is 10.0 Å². The Bertz CT molecular complexity index is 1260. The van der Waals surface area contributed by atoms with Crippen LogP contribution in [0.3, 0.4) is 0 Å². The molecule has 1 aliphatic carbocycles. The number of carbonyl (C=O) groups excluding carboxylic acids is 1. The van der Waals surface area contributed by atoms with Crippen molar-refractivity contribution in [3.05, 3.63) is 58.3 Å². The molecule has 2 amide bonds. The number of rotatable bonds is 4. The van der Waals surface area contributed by atoms with E-state index in [0.29, 0.717) is 31.0 Å². The van der Waals surface area contributed by atoms with Crippen LogP contribution in [-0.2, 0) is 16.6 Å². The highest BCUT2D eigenvalue weighted by atomic mass is 32.2. The lowest BCUT2D eigenvalue weighted by Crippen LogP contribution is -2.53. The normalized spacial score (nSPS) is 22.7.